The summed E-state index contributed by atoms with van der Waals surface area (Å²) >= 11 is 0. The van der Waals surface area contributed by atoms with Gasteiger partial charge in [-0.3, -0.25) is 0 Å². The summed E-state index contributed by atoms with van der Waals surface area (Å²) in [7, 11) is 1.56. The van der Waals surface area contributed by atoms with E-state index in [-0.39, 0.29) is 5.82 Å². The number of nitrogens with two attached hydrogens (primary N) is 1. The fourth-order valence-electron chi connectivity index (χ4n) is 1.99. The molecule has 0 spiro atoms. The van der Waals surface area contributed by atoms with E-state index in [0.717, 1.165) is 11.1 Å². The standard InChI is InChI=1S/C15H16FNO/c1-10-4-3-5-11(8-10)15(17)13-9-12(16)6-7-14(13)18-2/h3-9,15H,17H2,1-2H3. The number of hydrogen-bond donors (Lipinski definition) is 1. The van der Waals surface area contributed by atoms with Crippen LogP contribution in [0.15, 0.2) is 42.5 Å². The number of halogens is 1. The molecular formula is C15H16FNO. The Morgan fingerprint density at radius 3 is 2.61 bits per heavy atom. The van der Waals surface area contributed by atoms with Crippen molar-refractivity contribution in [3.63, 3.8) is 0 Å². The Kier molecular flexibility index (Phi) is 3.63. The van der Waals surface area contributed by atoms with Gasteiger partial charge in [0.1, 0.15) is 11.6 Å². The van der Waals surface area contributed by atoms with Crippen LogP contribution >= 0.6 is 0 Å². The van der Waals surface area contributed by atoms with Gasteiger partial charge in [0.15, 0.2) is 0 Å². The van der Waals surface area contributed by atoms with Crippen LogP contribution in [-0.2, 0) is 0 Å². The molecule has 2 aromatic rings. The smallest absolute Gasteiger partial charge is 0.124 e. The lowest BCUT2D eigenvalue weighted by Crippen LogP contribution is -2.13. The number of benzene rings is 2. The van der Waals surface area contributed by atoms with Gasteiger partial charge < -0.3 is 10.5 Å². The molecular weight excluding hydrogens is 229 g/mol. The highest BCUT2D eigenvalue weighted by Gasteiger charge is 2.15. The Balaban J connectivity index is 2.44. The molecule has 1 unspecified atom stereocenters. The lowest BCUT2D eigenvalue weighted by atomic mass is 9.97. The quantitative estimate of drug-likeness (QED) is 0.901. The van der Waals surface area contributed by atoms with E-state index >= 15 is 0 Å². The van der Waals surface area contributed by atoms with E-state index in [4.69, 9.17) is 10.5 Å². The van der Waals surface area contributed by atoms with Gasteiger partial charge in [-0.05, 0) is 30.7 Å². The van der Waals surface area contributed by atoms with Crippen LogP contribution in [-0.4, -0.2) is 7.11 Å². The molecule has 1 atom stereocenters. The number of hydrogen-bond acceptors (Lipinski definition) is 2. The normalized spacial score (nSPS) is 12.2. The summed E-state index contributed by atoms with van der Waals surface area (Å²) in [5.41, 5.74) is 8.91. The van der Waals surface area contributed by atoms with Gasteiger partial charge in [-0.1, -0.05) is 29.8 Å². The molecule has 0 heterocycles. The Bertz CT molecular complexity index is 554. The van der Waals surface area contributed by atoms with E-state index in [1.54, 1.807) is 13.2 Å². The Morgan fingerprint density at radius 1 is 1.17 bits per heavy atom. The highest BCUT2D eigenvalue weighted by atomic mass is 19.1. The van der Waals surface area contributed by atoms with Crippen molar-refractivity contribution in [2.45, 2.75) is 13.0 Å². The van der Waals surface area contributed by atoms with Gasteiger partial charge in [-0.15, -0.1) is 0 Å². The van der Waals surface area contributed by atoms with E-state index in [0.29, 0.717) is 11.3 Å². The van der Waals surface area contributed by atoms with Crippen LogP contribution in [0.5, 0.6) is 5.75 Å². The van der Waals surface area contributed by atoms with Crippen LogP contribution in [0.25, 0.3) is 0 Å². The maximum atomic E-state index is 13.3. The number of ether oxygens (including phenoxy) is 1. The van der Waals surface area contributed by atoms with Gasteiger partial charge >= 0.3 is 0 Å². The molecule has 2 rings (SSSR count). The third kappa shape index (κ3) is 2.51. The van der Waals surface area contributed by atoms with Crippen molar-refractivity contribution in [1.82, 2.24) is 0 Å². The molecule has 0 aromatic heterocycles. The van der Waals surface area contributed by atoms with Crippen LogP contribution in [0.2, 0.25) is 0 Å². The highest BCUT2D eigenvalue weighted by molar-refractivity contribution is 5.42. The predicted molar refractivity (Wildman–Crippen MR) is 70.2 cm³/mol. The number of methoxy groups -OCH3 is 1. The molecule has 0 radical (unpaired) electrons. The van der Waals surface area contributed by atoms with Crippen LogP contribution in [0, 0.1) is 12.7 Å². The van der Waals surface area contributed by atoms with Gasteiger partial charge in [0, 0.05) is 5.56 Å². The van der Waals surface area contributed by atoms with Gasteiger partial charge in [0.25, 0.3) is 0 Å². The van der Waals surface area contributed by atoms with Crippen LogP contribution in [0.1, 0.15) is 22.7 Å². The third-order valence-corrected chi connectivity index (χ3v) is 2.93. The van der Waals surface area contributed by atoms with Crippen molar-refractivity contribution in [3.8, 4) is 5.75 Å². The zero-order chi connectivity index (χ0) is 13.1. The molecule has 0 aliphatic heterocycles. The Hall–Kier alpha value is -1.87. The molecule has 94 valence electrons. The molecule has 0 aliphatic rings. The molecule has 0 fully saturated rings. The minimum absolute atomic E-state index is 0.311. The second-order valence-corrected chi connectivity index (χ2v) is 4.28. The van der Waals surface area contributed by atoms with Crippen molar-refractivity contribution >= 4 is 0 Å². The van der Waals surface area contributed by atoms with E-state index < -0.39 is 6.04 Å². The molecule has 0 aliphatic carbocycles. The third-order valence-electron chi connectivity index (χ3n) is 2.93. The average Bonchev–Trinajstić information content (AvgIpc) is 2.38. The molecule has 2 aromatic carbocycles. The fourth-order valence-corrected chi connectivity index (χ4v) is 1.99. The summed E-state index contributed by atoms with van der Waals surface area (Å²) in [5, 5.41) is 0. The van der Waals surface area contributed by atoms with E-state index in [1.165, 1.54) is 12.1 Å². The molecule has 0 amide bonds. The minimum Gasteiger partial charge on any atom is -0.496 e. The Morgan fingerprint density at radius 2 is 1.94 bits per heavy atom. The fraction of sp³-hybridized carbons (Fsp3) is 0.200. The van der Waals surface area contributed by atoms with Crippen LogP contribution in [0.4, 0.5) is 4.39 Å². The second-order valence-electron chi connectivity index (χ2n) is 4.28. The van der Waals surface area contributed by atoms with Gasteiger partial charge in [-0.25, -0.2) is 4.39 Å². The summed E-state index contributed by atoms with van der Waals surface area (Å²) in [4.78, 5) is 0. The summed E-state index contributed by atoms with van der Waals surface area (Å²) in [6.45, 7) is 2.00. The first-order valence-corrected chi connectivity index (χ1v) is 5.77. The topological polar surface area (TPSA) is 35.2 Å². The summed E-state index contributed by atoms with van der Waals surface area (Å²) in [6, 6.07) is 11.9. The summed E-state index contributed by atoms with van der Waals surface area (Å²) in [5.74, 6) is 0.291. The zero-order valence-corrected chi connectivity index (χ0v) is 10.5. The molecule has 3 heteroatoms. The Labute approximate surface area is 106 Å². The molecule has 2 nitrogen and oxygen atoms in total. The first kappa shape index (κ1) is 12.6. The predicted octanol–water partition coefficient (Wildman–Crippen LogP) is 3.19. The second kappa shape index (κ2) is 5.19. The van der Waals surface area contributed by atoms with Gasteiger partial charge in [0.2, 0.25) is 0 Å². The van der Waals surface area contributed by atoms with Crippen molar-refractivity contribution in [1.29, 1.82) is 0 Å². The molecule has 18 heavy (non-hydrogen) atoms. The maximum Gasteiger partial charge on any atom is 0.124 e. The van der Waals surface area contributed by atoms with Crippen molar-refractivity contribution < 1.29 is 9.13 Å². The maximum absolute atomic E-state index is 13.3. The first-order chi connectivity index (χ1) is 8.61. The van der Waals surface area contributed by atoms with Crippen molar-refractivity contribution in [2.75, 3.05) is 7.11 Å². The number of rotatable bonds is 3. The summed E-state index contributed by atoms with van der Waals surface area (Å²) < 4.78 is 18.6. The van der Waals surface area contributed by atoms with E-state index in [9.17, 15) is 4.39 Å². The molecule has 2 N–H and O–H groups in total. The van der Waals surface area contributed by atoms with Crippen molar-refractivity contribution in [2.24, 2.45) is 5.73 Å². The lowest BCUT2D eigenvalue weighted by molar-refractivity contribution is 0.406. The van der Waals surface area contributed by atoms with Crippen LogP contribution in [0.3, 0.4) is 0 Å². The first-order valence-electron chi connectivity index (χ1n) is 5.77. The zero-order valence-electron chi connectivity index (χ0n) is 10.5. The lowest BCUT2D eigenvalue weighted by Gasteiger charge is -2.16. The van der Waals surface area contributed by atoms with Crippen LogP contribution < -0.4 is 10.5 Å². The SMILES string of the molecule is COc1ccc(F)cc1C(N)c1cccc(C)c1. The van der Waals surface area contributed by atoms with Gasteiger partial charge in [0.05, 0.1) is 13.2 Å². The number of aryl methyl sites for hydroxylation is 1. The van der Waals surface area contributed by atoms with Gasteiger partial charge in [-0.2, -0.15) is 0 Å². The summed E-state index contributed by atoms with van der Waals surface area (Å²) in [6.07, 6.45) is 0. The molecule has 0 bridgehead atoms. The van der Waals surface area contributed by atoms with E-state index in [2.05, 4.69) is 0 Å². The molecule has 0 saturated carbocycles. The highest BCUT2D eigenvalue weighted by Crippen LogP contribution is 2.29. The molecule has 0 saturated heterocycles. The largest absolute Gasteiger partial charge is 0.496 e. The minimum atomic E-state index is -0.393. The monoisotopic (exact) mass is 245 g/mol. The van der Waals surface area contributed by atoms with Crippen molar-refractivity contribution in [3.05, 3.63) is 65.0 Å². The average molecular weight is 245 g/mol. The van der Waals surface area contributed by atoms with E-state index in [1.807, 2.05) is 31.2 Å².